The summed E-state index contributed by atoms with van der Waals surface area (Å²) in [5, 5.41) is 19.0. The molecular formula is C35H44N4O9. The molecule has 1 aliphatic carbocycles. The summed E-state index contributed by atoms with van der Waals surface area (Å²) in [5.41, 5.74) is 4.17. The van der Waals surface area contributed by atoms with E-state index in [0.717, 1.165) is 29.2 Å². The van der Waals surface area contributed by atoms with Gasteiger partial charge in [0.2, 0.25) is 17.7 Å². The van der Waals surface area contributed by atoms with E-state index in [2.05, 4.69) is 32.6 Å². The van der Waals surface area contributed by atoms with Gasteiger partial charge in [0.25, 0.3) is 0 Å². The minimum Gasteiger partial charge on any atom is -0.481 e. The van der Waals surface area contributed by atoms with Gasteiger partial charge in [0.1, 0.15) is 24.2 Å². The van der Waals surface area contributed by atoms with Crippen molar-refractivity contribution in [1.82, 2.24) is 21.3 Å². The predicted octanol–water partition coefficient (Wildman–Crippen LogP) is 3.38. The summed E-state index contributed by atoms with van der Waals surface area (Å²) < 4.78 is 10.6. The van der Waals surface area contributed by atoms with Gasteiger partial charge in [0, 0.05) is 25.7 Å². The van der Waals surface area contributed by atoms with E-state index >= 15 is 0 Å². The Morgan fingerprint density at radius 2 is 1.46 bits per heavy atom. The molecule has 4 amide bonds. The highest BCUT2D eigenvalue weighted by Crippen LogP contribution is 2.47. The first-order valence-electron chi connectivity index (χ1n) is 15.8. The maximum Gasteiger partial charge on any atom is 0.408 e. The van der Waals surface area contributed by atoms with E-state index in [-0.39, 0.29) is 24.7 Å². The van der Waals surface area contributed by atoms with Crippen molar-refractivity contribution in [2.24, 2.45) is 5.92 Å². The second-order valence-corrected chi connectivity index (χ2v) is 12.0. The van der Waals surface area contributed by atoms with Gasteiger partial charge in [0.05, 0.1) is 0 Å². The third-order valence-electron chi connectivity index (χ3n) is 7.78. The van der Waals surface area contributed by atoms with Crippen LogP contribution in [0, 0.1) is 5.92 Å². The molecule has 1 unspecified atom stereocenters. The molecule has 48 heavy (non-hydrogen) atoms. The average molecular weight is 665 g/mol. The summed E-state index contributed by atoms with van der Waals surface area (Å²) in [7, 11) is 0. The fraction of sp³-hybridized carbons (Fsp3) is 0.429. The van der Waals surface area contributed by atoms with E-state index in [1.807, 2.05) is 62.4 Å². The van der Waals surface area contributed by atoms with Gasteiger partial charge >= 0.3 is 18.0 Å². The van der Waals surface area contributed by atoms with E-state index < -0.39 is 73.1 Å². The van der Waals surface area contributed by atoms with Crippen LogP contribution in [0.3, 0.4) is 0 Å². The van der Waals surface area contributed by atoms with Crippen LogP contribution in [0.15, 0.2) is 61.2 Å². The third kappa shape index (κ3) is 10.4. The number of hydrogen-bond acceptors (Lipinski definition) is 8. The van der Waals surface area contributed by atoms with Crippen LogP contribution in [-0.4, -0.2) is 71.8 Å². The number of carboxylic acids is 1. The lowest BCUT2D eigenvalue weighted by atomic mass is 9.89. The highest BCUT2D eigenvalue weighted by molar-refractivity contribution is 5.93. The van der Waals surface area contributed by atoms with Gasteiger partial charge in [-0.1, -0.05) is 68.5 Å². The minimum atomic E-state index is -1.28. The van der Waals surface area contributed by atoms with Crippen molar-refractivity contribution in [3.05, 3.63) is 72.3 Å². The van der Waals surface area contributed by atoms with E-state index in [1.54, 1.807) is 6.08 Å². The van der Waals surface area contributed by atoms with Gasteiger partial charge in [-0.2, -0.15) is 0 Å². The number of benzene rings is 2. The number of esters is 1. The third-order valence-corrected chi connectivity index (χ3v) is 7.78. The van der Waals surface area contributed by atoms with E-state index in [9.17, 15) is 28.8 Å². The Balaban J connectivity index is 1.69. The molecule has 0 fully saturated rings. The molecule has 2 aromatic carbocycles. The molecule has 4 atom stereocenters. The Hall–Kier alpha value is -5.20. The molecule has 0 aliphatic heterocycles. The molecule has 0 bridgehead atoms. The number of hydrogen-bond donors (Lipinski definition) is 5. The first-order valence-corrected chi connectivity index (χ1v) is 15.8. The van der Waals surface area contributed by atoms with E-state index in [4.69, 9.17) is 9.84 Å². The molecule has 3 rings (SSSR count). The lowest BCUT2D eigenvalue weighted by molar-refractivity contribution is -0.143. The lowest BCUT2D eigenvalue weighted by Crippen LogP contribution is -2.56. The summed E-state index contributed by atoms with van der Waals surface area (Å²) in [6.07, 6.45) is 0.167. The standard InChI is InChI=1S/C35H44N4O9/c1-6-11-29(31-25-14-9-7-12-23(25)24-13-8-10-15-26(24)31)48-35(46)39-28(18-20(2)3)34(45)37-21(4)32(43)38-27(16-17-30(41)42)33(44)36-19-47-22(5)40/h6-10,12-15,20-21,27-29,31H,1,11,16-19H2,2-5H3,(H,36,44)(H,37,45)(H,38,43)(H,39,46)(H,41,42)/t21-,27-,28+,29?/m0/s1. The van der Waals surface area contributed by atoms with Crippen LogP contribution in [0.5, 0.6) is 0 Å². The fourth-order valence-electron chi connectivity index (χ4n) is 5.57. The molecule has 5 N–H and O–H groups in total. The smallest absolute Gasteiger partial charge is 0.408 e. The Morgan fingerprint density at radius 3 is 2.00 bits per heavy atom. The zero-order chi connectivity index (χ0) is 35.4. The molecule has 258 valence electrons. The number of amides is 4. The number of alkyl carbamates (subject to hydrolysis) is 1. The number of nitrogens with one attached hydrogen (secondary N) is 4. The van der Waals surface area contributed by atoms with Gasteiger partial charge in [-0.15, -0.1) is 6.58 Å². The van der Waals surface area contributed by atoms with E-state index in [0.29, 0.717) is 6.42 Å². The maximum absolute atomic E-state index is 13.4. The number of fused-ring (bicyclic) bond motifs is 3. The molecule has 0 heterocycles. The first kappa shape index (κ1) is 37.3. The zero-order valence-electron chi connectivity index (χ0n) is 27.6. The molecule has 1 aliphatic rings. The molecule has 0 radical (unpaired) electrons. The molecule has 0 saturated carbocycles. The van der Waals surface area contributed by atoms with Gasteiger partial charge in [0.15, 0.2) is 6.73 Å². The fourth-order valence-corrected chi connectivity index (χ4v) is 5.57. The quantitative estimate of drug-likeness (QED) is 0.0959. The Bertz CT molecular complexity index is 1460. The molecule has 2 aromatic rings. The van der Waals surface area contributed by atoms with Crippen molar-refractivity contribution < 1.29 is 43.3 Å². The number of rotatable bonds is 17. The molecular weight excluding hydrogens is 620 g/mol. The summed E-state index contributed by atoms with van der Waals surface area (Å²) in [6, 6.07) is 12.4. The molecule has 0 spiro atoms. The maximum atomic E-state index is 13.4. The molecule has 13 nitrogen and oxygen atoms in total. The Morgan fingerprint density at radius 1 is 0.854 bits per heavy atom. The van der Waals surface area contributed by atoms with Crippen LogP contribution in [0.2, 0.25) is 0 Å². The van der Waals surface area contributed by atoms with Crippen LogP contribution in [0.25, 0.3) is 11.1 Å². The number of carboxylic acid groups (broad SMARTS) is 1. The van der Waals surface area contributed by atoms with Gasteiger partial charge in [-0.25, -0.2) is 4.79 Å². The van der Waals surface area contributed by atoms with Crippen molar-refractivity contribution in [3.8, 4) is 11.1 Å². The number of aliphatic carboxylic acids is 1. The second kappa shape index (κ2) is 17.6. The largest absolute Gasteiger partial charge is 0.481 e. The first-order chi connectivity index (χ1) is 22.8. The molecule has 0 aromatic heterocycles. The van der Waals surface area contributed by atoms with Crippen molar-refractivity contribution in [3.63, 3.8) is 0 Å². The minimum absolute atomic E-state index is 0.0240. The Kier molecular flexibility index (Phi) is 13.7. The highest BCUT2D eigenvalue weighted by Gasteiger charge is 2.36. The topological polar surface area (TPSA) is 189 Å². The monoisotopic (exact) mass is 664 g/mol. The number of carbonyl (C=O) groups excluding carboxylic acids is 5. The zero-order valence-corrected chi connectivity index (χ0v) is 27.6. The lowest BCUT2D eigenvalue weighted by Gasteiger charge is -2.27. The second-order valence-electron chi connectivity index (χ2n) is 12.0. The molecule has 13 heteroatoms. The summed E-state index contributed by atoms with van der Waals surface area (Å²) >= 11 is 0. The van der Waals surface area contributed by atoms with Crippen LogP contribution >= 0.6 is 0 Å². The van der Waals surface area contributed by atoms with Gasteiger partial charge in [-0.05, 0) is 47.9 Å². The predicted molar refractivity (Wildman–Crippen MR) is 176 cm³/mol. The summed E-state index contributed by atoms with van der Waals surface area (Å²) in [6.45, 7) is 9.67. The van der Waals surface area contributed by atoms with Crippen LogP contribution in [0.4, 0.5) is 4.79 Å². The van der Waals surface area contributed by atoms with Crippen LogP contribution in [-0.2, 0) is 33.4 Å². The average Bonchev–Trinajstić information content (AvgIpc) is 3.36. The van der Waals surface area contributed by atoms with Crippen LogP contribution < -0.4 is 21.3 Å². The molecule has 0 saturated heterocycles. The summed E-state index contributed by atoms with van der Waals surface area (Å²) in [5.74, 6) is -4.29. The van der Waals surface area contributed by atoms with Crippen molar-refractivity contribution in [2.75, 3.05) is 6.73 Å². The van der Waals surface area contributed by atoms with E-state index in [1.165, 1.54) is 6.92 Å². The summed E-state index contributed by atoms with van der Waals surface area (Å²) in [4.78, 5) is 74.4. The Labute approximate surface area is 279 Å². The number of ether oxygens (including phenoxy) is 2. The number of carbonyl (C=O) groups is 6. The van der Waals surface area contributed by atoms with Crippen LogP contribution in [0.1, 0.15) is 70.4 Å². The van der Waals surface area contributed by atoms with Gasteiger partial charge < -0.3 is 35.8 Å². The van der Waals surface area contributed by atoms with Gasteiger partial charge in [-0.3, -0.25) is 24.0 Å². The van der Waals surface area contributed by atoms with Crippen molar-refractivity contribution in [1.29, 1.82) is 0 Å². The SMILES string of the molecule is C=CCC(OC(=O)N[C@H](CC(C)C)C(=O)N[C@@H](C)C(=O)N[C@@H](CCC(=O)O)C(=O)NCOC(C)=O)C1c2ccccc2-c2ccccc21. The highest BCUT2D eigenvalue weighted by atomic mass is 16.6. The van der Waals surface area contributed by atoms with Crippen molar-refractivity contribution >= 4 is 35.8 Å². The normalized spacial score (nSPS) is 14.3. The van der Waals surface area contributed by atoms with Crippen molar-refractivity contribution in [2.45, 2.75) is 83.5 Å².